The molecule has 4 heteroatoms. The monoisotopic (exact) mass is 376 g/mol. The molecule has 0 saturated heterocycles. The highest BCUT2D eigenvalue weighted by Gasteiger charge is 2.23. The van der Waals surface area contributed by atoms with Crippen molar-refractivity contribution in [3.8, 4) is 22.7 Å². The lowest BCUT2D eigenvalue weighted by Crippen LogP contribution is -2.08. The molecule has 2 aromatic carbocycles. The molecule has 0 N–H and O–H groups in total. The lowest BCUT2D eigenvalue weighted by Gasteiger charge is -2.15. The second kappa shape index (κ2) is 7.45. The van der Waals surface area contributed by atoms with Crippen LogP contribution in [0.4, 0.5) is 0 Å². The number of halogens is 1. The molecule has 136 valence electrons. The summed E-state index contributed by atoms with van der Waals surface area (Å²) in [6.45, 7) is 5.09. The van der Waals surface area contributed by atoms with Crippen LogP contribution in [-0.4, -0.2) is 9.55 Å². The quantitative estimate of drug-likeness (QED) is 0.391. The summed E-state index contributed by atoms with van der Waals surface area (Å²) in [6.07, 6.45) is 1.69. The highest BCUT2D eigenvalue weighted by Crippen LogP contribution is 2.36. The highest BCUT2D eigenvalue weighted by molar-refractivity contribution is 6.30. The summed E-state index contributed by atoms with van der Waals surface area (Å²) in [7, 11) is 0. The van der Waals surface area contributed by atoms with Gasteiger partial charge >= 0.3 is 0 Å². The van der Waals surface area contributed by atoms with Crippen molar-refractivity contribution in [1.82, 2.24) is 9.55 Å². The van der Waals surface area contributed by atoms with Gasteiger partial charge < -0.3 is 8.98 Å². The Bertz CT molecular complexity index is 1020. The Morgan fingerprint density at radius 1 is 0.963 bits per heavy atom. The maximum atomic E-state index is 6.12. The number of hydrogen-bond donors (Lipinski definition) is 0. The van der Waals surface area contributed by atoms with E-state index in [1.165, 1.54) is 5.56 Å². The fraction of sp³-hybridized carbons (Fsp3) is 0.174. The number of aromatic nitrogens is 2. The lowest BCUT2D eigenvalue weighted by molar-refractivity contribution is 0.580. The van der Waals surface area contributed by atoms with E-state index in [9.17, 15) is 0 Å². The average molecular weight is 377 g/mol. The van der Waals surface area contributed by atoms with Crippen LogP contribution < -0.4 is 0 Å². The molecule has 0 atom stereocenters. The molecule has 0 fully saturated rings. The first kappa shape index (κ1) is 17.6. The van der Waals surface area contributed by atoms with E-state index in [0.717, 1.165) is 40.1 Å². The summed E-state index contributed by atoms with van der Waals surface area (Å²) >= 11 is 6.12. The minimum atomic E-state index is 0.281. The summed E-state index contributed by atoms with van der Waals surface area (Å²) in [5, 5.41) is 0.719. The van der Waals surface area contributed by atoms with Gasteiger partial charge in [0.2, 0.25) is 0 Å². The van der Waals surface area contributed by atoms with Gasteiger partial charge in [0.25, 0.3) is 0 Å². The van der Waals surface area contributed by atoms with Crippen LogP contribution in [-0.2, 0) is 6.54 Å². The van der Waals surface area contributed by atoms with Crippen molar-refractivity contribution in [2.24, 2.45) is 0 Å². The zero-order chi connectivity index (χ0) is 18.8. The van der Waals surface area contributed by atoms with Gasteiger partial charge in [0.15, 0.2) is 5.76 Å². The maximum Gasteiger partial charge on any atom is 0.154 e. The van der Waals surface area contributed by atoms with Gasteiger partial charge in [-0.05, 0) is 29.8 Å². The molecule has 0 bridgehead atoms. The smallest absolute Gasteiger partial charge is 0.154 e. The van der Waals surface area contributed by atoms with Crippen LogP contribution in [0, 0.1) is 0 Å². The molecule has 3 nitrogen and oxygen atoms in total. The summed E-state index contributed by atoms with van der Waals surface area (Å²) in [6, 6.07) is 22.2. The molecule has 2 aromatic heterocycles. The summed E-state index contributed by atoms with van der Waals surface area (Å²) in [5.74, 6) is 2.09. The molecule has 0 saturated carbocycles. The normalized spacial score (nSPS) is 11.3. The third-order valence-electron chi connectivity index (χ3n) is 4.57. The van der Waals surface area contributed by atoms with Gasteiger partial charge in [-0.3, -0.25) is 0 Å². The maximum absolute atomic E-state index is 6.12. The van der Waals surface area contributed by atoms with Crippen molar-refractivity contribution in [1.29, 1.82) is 0 Å². The predicted octanol–water partition coefficient (Wildman–Crippen LogP) is 6.64. The van der Waals surface area contributed by atoms with E-state index in [2.05, 4.69) is 42.7 Å². The number of nitrogens with zero attached hydrogens (tertiary/aromatic N) is 2. The Labute approximate surface area is 164 Å². The zero-order valence-corrected chi connectivity index (χ0v) is 16.1. The van der Waals surface area contributed by atoms with E-state index in [-0.39, 0.29) is 5.92 Å². The second-order valence-electron chi connectivity index (χ2n) is 6.88. The van der Waals surface area contributed by atoms with Crippen LogP contribution >= 0.6 is 11.6 Å². The van der Waals surface area contributed by atoms with Crippen molar-refractivity contribution in [2.45, 2.75) is 26.3 Å². The van der Waals surface area contributed by atoms with Crippen LogP contribution in [0.3, 0.4) is 0 Å². The lowest BCUT2D eigenvalue weighted by atomic mass is 10.1. The van der Waals surface area contributed by atoms with Crippen molar-refractivity contribution in [3.63, 3.8) is 0 Å². The molecular formula is C23H21ClN2O. The number of hydrogen-bond acceptors (Lipinski definition) is 2. The highest BCUT2D eigenvalue weighted by atomic mass is 35.5. The number of benzene rings is 2. The molecule has 0 aliphatic carbocycles. The van der Waals surface area contributed by atoms with Gasteiger partial charge in [0.05, 0.1) is 12.0 Å². The van der Waals surface area contributed by atoms with Crippen molar-refractivity contribution in [2.75, 3.05) is 0 Å². The Morgan fingerprint density at radius 2 is 1.70 bits per heavy atom. The molecule has 0 spiro atoms. The van der Waals surface area contributed by atoms with Crippen molar-refractivity contribution >= 4 is 11.6 Å². The third kappa shape index (κ3) is 3.56. The summed E-state index contributed by atoms with van der Waals surface area (Å²) in [4.78, 5) is 4.98. The van der Waals surface area contributed by atoms with Gasteiger partial charge in [-0.15, -0.1) is 0 Å². The second-order valence-corrected chi connectivity index (χ2v) is 7.31. The fourth-order valence-electron chi connectivity index (χ4n) is 3.32. The van der Waals surface area contributed by atoms with Gasteiger partial charge in [-0.1, -0.05) is 67.9 Å². The number of rotatable bonds is 5. The first-order chi connectivity index (χ1) is 13.1. The van der Waals surface area contributed by atoms with Gasteiger partial charge in [0.1, 0.15) is 11.5 Å². The van der Waals surface area contributed by atoms with E-state index >= 15 is 0 Å². The summed E-state index contributed by atoms with van der Waals surface area (Å²) in [5.41, 5.74) is 4.22. The molecule has 2 heterocycles. The topological polar surface area (TPSA) is 31.0 Å². The minimum Gasteiger partial charge on any atom is -0.463 e. The van der Waals surface area contributed by atoms with Gasteiger partial charge in [0, 0.05) is 23.0 Å². The van der Waals surface area contributed by atoms with Crippen molar-refractivity contribution < 1.29 is 4.42 Å². The molecule has 0 aliphatic heterocycles. The fourth-order valence-corrected chi connectivity index (χ4v) is 3.45. The Balaban J connectivity index is 1.95. The van der Waals surface area contributed by atoms with E-state index in [4.69, 9.17) is 21.0 Å². The van der Waals surface area contributed by atoms with E-state index in [1.807, 2.05) is 42.5 Å². The first-order valence-electron chi connectivity index (χ1n) is 9.07. The van der Waals surface area contributed by atoms with Gasteiger partial charge in [-0.2, -0.15) is 0 Å². The molecule has 0 aliphatic rings. The first-order valence-corrected chi connectivity index (χ1v) is 9.45. The van der Waals surface area contributed by atoms with E-state index < -0.39 is 0 Å². The Morgan fingerprint density at radius 3 is 2.33 bits per heavy atom. The molecule has 0 radical (unpaired) electrons. The van der Waals surface area contributed by atoms with Gasteiger partial charge in [-0.25, -0.2) is 4.98 Å². The van der Waals surface area contributed by atoms with Crippen LogP contribution in [0.2, 0.25) is 5.02 Å². The summed E-state index contributed by atoms with van der Waals surface area (Å²) < 4.78 is 7.99. The van der Waals surface area contributed by atoms with Crippen LogP contribution in [0.5, 0.6) is 0 Å². The zero-order valence-electron chi connectivity index (χ0n) is 15.4. The molecule has 0 unspecified atom stereocenters. The molecule has 4 rings (SSSR count). The minimum absolute atomic E-state index is 0.281. The molecule has 27 heavy (non-hydrogen) atoms. The molecular weight excluding hydrogens is 356 g/mol. The van der Waals surface area contributed by atoms with Crippen LogP contribution in [0.25, 0.3) is 22.7 Å². The molecule has 4 aromatic rings. The predicted molar refractivity (Wildman–Crippen MR) is 110 cm³/mol. The number of furan rings is 1. The van der Waals surface area contributed by atoms with Crippen LogP contribution in [0.15, 0.2) is 77.4 Å². The molecule has 0 amide bonds. The van der Waals surface area contributed by atoms with Crippen LogP contribution in [0.1, 0.15) is 31.2 Å². The van der Waals surface area contributed by atoms with E-state index in [0.29, 0.717) is 0 Å². The van der Waals surface area contributed by atoms with Crippen molar-refractivity contribution in [3.05, 3.63) is 89.4 Å². The third-order valence-corrected chi connectivity index (χ3v) is 4.82. The largest absolute Gasteiger partial charge is 0.463 e. The standard InChI is InChI=1S/C23H21ClN2O/c1-16(2)23-25-21(20-9-6-14-27-20)22(18-10-12-19(24)13-11-18)26(23)15-17-7-4-3-5-8-17/h3-14,16H,15H2,1-2H3. The SMILES string of the molecule is CC(C)c1nc(-c2ccco2)c(-c2ccc(Cl)cc2)n1Cc1ccccc1. The Hall–Kier alpha value is -2.78. The van der Waals surface area contributed by atoms with E-state index in [1.54, 1.807) is 6.26 Å². The average Bonchev–Trinajstić information content (AvgIpc) is 3.31. The number of imidazole rings is 1. The Kier molecular flexibility index (Phi) is 4.87.